The number of nitrogens with zero attached hydrogens (tertiary/aromatic N) is 3. The summed E-state index contributed by atoms with van der Waals surface area (Å²) in [4.78, 5) is 21.2. The van der Waals surface area contributed by atoms with Crippen LogP contribution in [0.25, 0.3) is 0 Å². The number of esters is 1. The molecule has 0 radical (unpaired) electrons. The molecule has 2 aromatic heterocycles. The number of pyridine rings is 2. The number of ether oxygens (including phenoxy) is 1. The molecule has 7 rings (SSSR count). The van der Waals surface area contributed by atoms with Gasteiger partial charge in [-0.1, -0.05) is 24.1 Å². The van der Waals surface area contributed by atoms with Crippen LogP contribution in [0.2, 0.25) is 0 Å². The smallest absolute Gasteiger partial charge is 0.311 e. The lowest BCUT2D eigenvalue weighted by molar-refractivity contribution is -0.149. The first-order valence-corrected chi connectivity index (χ1v) is 15.5. The molecule has 8 nitrogen and oxygen atoms in total. The average molecular weight is 601 g/mol. The van der Waals surface area contributed by atoms with Crippen molar-refractivity contribution in [2.75, 3.05) is 23.3 Å². The van der Waals surface area contributed by atoms with Crippen molar-refractivity contribution in [3.8, 4) is 0 Å². The number of hydrogen-bond donors (Lipinski definition) is 1. The Balaban J connectivity index is 1.39. The molecule has 1 N–H and O–H groups in total. The van der Waals surface area contributed by atoms with Crippen LogP contribution in [0.15, 0.2) is 47.5 Å². The largest absolute Gasteiger partial charge is 0.469 e. The number of sulfonamides is 1. The molecule has 4 aliphatic rings. The molecule has 0 spiro atoms. The maximum Gasteiger partial charge on any atom is 0.311 e. The summed E-state index contributed by atoms with van der Waals surface area (Å²) in [6.45, 7) is 1.51. The summed E-state index contributed by atoms with van der Waals surface area (Å²) in [5, 5.41) is 3.11. The fraction of sp³-hybridized carbons (Fsp3) is 0.433. The lowest BCUT2D eigenvalue weighted by Gasteiger charge is -2.39. The van der Waals surface area contributed by atoms with E-state index >= 15 is 8.78 Å². The number of methoxy groups -OCH3 is 1. The molecule has 1 aliphatic heterocycles. The summed E-state index contributed by atoms with van der Waals surface area (Å²) in [6.07, 6.45) is 5.28. The van der Waals surface area contributed by atoms with E-state index in [0.29, 0.717) is 6.07 Å². The van der Waals surface area contributed by atoms with Gasteiger partial charge in [-0.05, 0) is 62.6 Å². The molecule has 3 aromatic rings. The second-order valence-corrected chi connectivity index (χ2v) is 13.3. The molecule has 3 heterocycles. The summed E-state index contributed by atoms with van der Waals surface area (Å²) in [5.41, 5.74) is 0.737. The van der Waals surface area contributed by atoms with Crippen molar-refractivity contribution in [1.82, 2.24) is 9.97 Å². The molecular weight excluding hydrogens is 569 g/mol. The molecule has 222 valence electrons. The van der Waals surface area contributed by atoms with Crippen LogP contribution >= 0.6 is 0 Å². The van der Waals surface area contributed by atoms with Gasteiger partial charge in [0.1, 0.15) is 17.5 Å². The number of hydrogen-bond acceptors (Lipinski definition) is 7. The zero-order chi connectivity index (χ0) is 29.8. The van der Waals surface area contributed by atoms with E-state index in [9.17, 15) is 17.6 Å². The minimum absolute atomic E-state index is 0.00186. The number of carbonyl (C=O) groups excluding carboxylic acids is 1. The maximum absolute atomic E-state index is 15.4. The van der Waals surface area contributed by atoms with Gasteiger partial charge in [-0.15, -0.1) is 0 Å². The van der Waals surface area contributed by atoms with Gasteiger partial charge < -0.3 is 10.1 Å². The summed E-state index contributed by atoms with van der Waals surface area (Å²) in [6, 6.07) is 7.55. The number of fused-ring (bicyclic) bond motifs is 5. The van der Waals surface area contributed by atoms with Gasteiger partial charge in [0.15, 0.2) is 11.6 Å². The highest BCUT2D eigenvalue weighted by Crippen LogP contribution is 2.46. The molecule has 3 fully saturated rings. The molecule has 0 amide bonds. The molecule has 0 saturated heterocycles. The van der Waals surface area contributed by atoms with Crippen LogP contribution in [-0.2, 0) is 19.6 Å². The van der Waals surface area contributed by atoms with Crippen molar-refractivity contribution >= 4 is 27.6 Å². The van der Waals surface area contributed by atoms with Crippen molar-refractivity contribution in [2.45, 2.75) is 55.9 Å². The third kappa shape index (κ3) is 4.89. The maximum atomic E-state index is 15.4. The van der Waals surface area contributed by atoms with Crippen LogP contribution in [0.5, 0.6) is 0 Å². The van der Waals surface area contributed by atoms with E-state index < -0.39 is 45.4 Å². The number of aromatic nitrogens is 2. The minimum atomic E-state index is -4.15. The lowest BCUT2D eigenvalue weighted by atomic mass is 9.71. The van der Waals surface area contributed by atoms with Gasteiger partial charge in [0.2, 0.25) is 0 Å². The molecule has 1 aromatic carbocycles. The summed E-state index contributed by atoms with van der Waals surface area (Å²) >= 11 is 0. The van der Waals surface area contributed by atoms with Gasteiger partial charge in [0.05, 0.1) is 35.7 Å². The Bertz CT molecular complexity index is 1630. The van der Waals surface area contributed by atoms with E-state index in [4.69, 9.17) is 4.74 Å². The number of carbonyl (C=O) groups is 1. The summed E-state index contributed by atoms with van der Waals surface area (Å²) < 4.78 is 78.5. The summed E-state index contributed by atoms with van der Waals surface area (Å²) in [5.74, 6) is -4.77. The van der Waals surface area contributed by atoms with Crippen molar-refractivity contribution in [2.24, 2.45) is 17.8 Å². The fourth-order valence-electron chi connectivity index (χ4n) is 6.88. The van der Waals surface area contributed by atoms with Gasteiger partial charge in [-0.2, -0.15) is 0 Å². The van der Waals surface area contributed by atoms with Crippen LogP contribution in [0, 0.1) is 42.1 Å². The Morgan fingerprint density at radius 2 is 1.74 bits per heavy atom. The molecule has 42 heavy (non-hydrogen) atoms. The molecule has 5 atom stereocenters. The number of rotatable bonds is 6. The van der Waals surface area contributed by atoms with Crippen LogP contribution in [0.3, 0.4) is 0 Å². The highest BCUT2D eigenvalue weighted by molar-refractivity contribution is 7.92. The van der Waals surface area contributed by atoms with E-state index in [-0.39, 0.29) is 52.1 Å². The first-order chi connectivity index (χ1) is 20.1. The molecule has 3 saturated carbocycles. The van der Waals surface area contributed by atoms with Crippen LogP contribution < -0.4 is 9.62 Å². The Kier molecular flexibility index (Phi) is 7.36. The first-order valence-electron chi connectivity index (χ1n) is 14.0. The summed E-state index contributed by atoms with van der Waals surface area (Å²) in [7, 11) is -2.82. The highest BCUT2D eigenvalue weighted by atomic mass is 32.2. The quantitative estimate of drug-likeness (QED) is 0.382. The first kappa shape index (κ1) is 28.4. The van der Waals surface area contributed by atoms with Crippen LogP contribution in [0.1, 0.15) is 54.8 Å². The second-order valence-electron chi connectivity index (χ2n) is 11.4. The van der Waals surface area contributed by atoms with Gasteiger partial charge in [0.25, 0.3) is 10.0 Å². The normalized spacial score (nSPS) is 25.2. The number of anilines is 2. The number of nitrogens with one attached hydrogen (secondary N) is 1. The van der Waals surface area contributed by atoms with Crippen molar-refractivity contribution < 1.29 is 31.1 Å². The Morgan fingerprint density at radius 1 is 1.02 bits per heavy atom. The Morgan fingerprint density at radius 3 is 2.48 bits per heavy atom. The molecule has 12 heteroatoms. The number of aryl methyl sites for hydroxylation is 1. The second kappa shape index (κ2) is 10.9. The van der Waals surface area contributed by atoms with E-state index in [0.717, 1.165) is 54.2 Å². The highest BCUT2D eigenvalue weighted by Gasteiger charge is 2.47. The molecule has 5 unspecified atom stereocenters. The fourth-order valence-corrected chi connectivity index (χ4v) is 8.34. The van der Waals surface area contributed by atoms with Gasteiger partial charge >= 0.3 is 5.97 Å². The SMILES string of the molecule is COC(=O)C1C2CCCC(CC2)C1Nc1nc(C2CN(S(=O)(=O)c3ccc(C)cc3)c3ncc(F)cc32)c(F)cc1F. The Labute approximate surface area is 242 Å². The van der Waals surface area contributed by atoms with Gasteiger partial charge in [-0.25, -0.2) is 35.9 Å². The third-order valence-electron chi connectivity index (χ3n) is 8.95. The Hall–Kier alpha value is -3.67. The van der Waals surface area contributed by atoms with Crippen molar-refractivity contribution in [3.05, 3.63) is 76.9 Å². The molecule has 3 aliphatic carbocycles. The number of halogens is 3. The lowest BCUT2D eigenvalue weighted by Crippen LogP contribution is -2.47. The van der Waals surface area contributed by atoms with Crippen LogP contribution in [0.4, 0.5) is 24.8 Å². The van der Waals surface area contributed by atoms with Crippen LogP contribution in [-0.4, -0.2) is 44.1 Å². The topological polar surface area (TPSA) is 101 Å². The predicted octanol–water partition coefficient (Wildman–Crippen LogP) is 5.32. The van der Waals surface area contributed by atoms with Gasteiger partial charge in [-0.3, -0.25) is 4.79 Å². The minimum Gasteiger partial charge on any atom is -0.469 e. The third-order valence-corrected chi connectivity index (χ3v) is 10.7. The van der Waals surface area contributed by atoms with E-state index in [1.165, 1.54) is 19.2 Å². The van der Waals surface area contributed by atoms with E-state index in [1.54, 1.807) is 12.1 Å². The monoisotopic (exact) mass is 600 g/mol. The van der Waals surface area contributed by atoms with Gasteiger partial charge in [0, 0.05) is 24.2 Å². The number of benzene rings is 1. The molecular formula is C30H31F3N4O4S. The van der Waals surface area contributed by atoms with Crippen molar-refractivity contribution in [1.29, 1.82) is 0 Å². The van der Waals surface area contributed by atoms with E-state index in [2.05, 4.69) is 15.3 Å². The predicted molar refractivity (Wildman–Crippen MR) is 149 cm³/mol. The zero-order valence-electron chi connectivity index (χ0n) is 23.2. The van der Waals surface area contributed by atoms with Crippen molar-refractivity contribution in [3.63, 3.8) is 0 Å². The standard InChI is InChI=1S/C30H31F3N4O4S/c1-16-6-10-20(11-7-16)42(39,40)37-15-22(21-12-19(31)14-34-29(21)37)27-23(32)13-24(33)28(36-27)35-26-18-5-3-4-17(8-9-18)25(26)30(38)41-2/h6-7,10-14,17-18,22,25-26H,3-5,8-9,15H2,1-2H3,(H,35,36). The molecule has 2 bridgehead atoms. The zero-order valence-corrected chi connectivity index (χ0v) is 24.0. The average Bonchev–Trinajstić information content (AvgIpc) is 3.08. The van der Waals surface area contributed by atoms with E-state index in [1.807, 2.05) is 6.92 Å².